The van der Waals surface area contributed by atoms with Gasteiger partial charge >= 0.3 is 5.97 Å². The van der Waals surface area contributed by atoms with Gasteiger partial charge in [0.15, 0.2) is 5.96 Å². The molecule has 20 heavy (non-hydrogen) atoms. The van der Waals surface area contributed by atoms with Crippen LogP contribution in [-0.2, 0) is 9.59 Å². The summed E-state index contributed by atoms with van der Waals surface area (Å²) in [5.41, 5.74) is 16.0. The smallest absolute Gasteiger partial charge is 0.326 e. The normalized spacial score (nSPS) is 14.9. The van der Waals surface area contributed by atoms with Crippen molar-refractivity contribution < 1.29 is 14.7 Å². The third-order valence-electron chi connectivity index (χ3n) is 3.08. The van der Waals surface area contributed by atoms with E-state index in [0.717, 1.165) is 0 Å². The molecule has 0 rings (SSSR count). The molecule has 0 aromatic carbocycles. The number of carbonyl (C=O) groups excluding carboxylic acids is 1. The molecule has 0 saturated heterocycles. The van der Waals surface area contributed by atoms with E-state index >= 15 is 0 Å². The largest absolute Gasteiger partial charge is 0.480 e. The lowest BCUT2D eigenvalue weighted by Crippen LogP contribution is -2.51. The molecule has 0 heterocycles. The lowest BCUT2D eigenvalue weighted by Gasteiger charge is -2.22. The van der Waals surface area contributed by atoms with Crippen molar-refractivity contribution in [2.24, 2.45) is 28.1 Å². The Morgan fingerprint density at radius 2 is 1.95 bits per heavy atom. The Morgan fingerprint density at radius 1 is 1.35 bits per heavy atom. The molecule has 0 aromatic rings. The third kappa shape index (κ3) is 6.93. The number of nitrogens with zero attached hydrogens (tertiary/aromatic N) is 1. The monoisotopic (exact) mass is 287 g/mol. The molecule has 1 amide bonds. The highest BCUT2D eigenvalue weighted by Gasteiger charge is 2.27. The van der Waals surface area contributed by atoms with Crippen LogP contribution in [-0.4, -0.2) is 41.6 Å². The third-order valence-corrected chi connectivity index (χ3v) is 3.08. The number of aliphatic imine (C=N–C) groups is 1. The molecule has 0 aliphatic rings. The summed E-state index contributed by atoms with van der Waals surface area (Å²) in [5.74, 6) is -1.70. The Kier molecular flexibility index (Phi) is 8.30. The first-order valence-corrected chi connectivity index (χ1v) is 6.63. The molecule has 0 aromatic heterocycles. The molecule has 8 nitrogen and oxygen atoms in total. The minimum absolute atomic E-state index is 0.00858. The number of carbonyl (C=O) groups is 2. The molecule has 0 saturated carbocycles. The van der Waals surface area contributed by atoms with Crippen LogP contribution >= 0.6 is 0 Å². The maximum absolute atomic E-state index is 11.8. The van der Waals surface area contributed by atoms with Gasteiger partial charge < -0.3 is 27.6 Å². The predicted molar refractivity (Wildman–Crippen MR) is 76.9 cm³/mol. The van der Waals surface area contributed by atoms with Crippen LogP contribution in [0.1, 0.15) is 33.1 Å². The Bertz CT molecular complexity index is 355. The fraction of sp³-hybridized carbons (Fsp3) is 0.750. The van der Waals surface area contributed by atoms with Gasteiger partial charge in [-0.2, -0.15) is 0 Å². The van der Waals surface area contributed by atoms with Crippen LogP contribution in [0.2, 0.25) is 0 Å². The molecular formula is C12H25N5O3. The van der Waals surface area contributed by atoms with E-state index in [0.29, 0.717) is 25.8 Å². The molecule has 0 spiro atoms. The van der Waals surface area contributed by atoms with E-state index < -0.39 is 24.0 Å². The Labute approximate surface area is 118 Å². The van der Waals surface area contributed by atoms with Crippen molar-refractivity contribution in [3.05, 3.63) is 0 Å². The number of hydrogen-bond donors (Lipinski definition) is 5. The van der Waals surface area contributed by atoms with Crippen LogP contribution < -0.4 is 22.5 Å². The molecule has 0 aliphatic carbocycles. The summed E-state index contributed by atoms with van der Waals surface area (Å²) in [6.45, 7) is 4.02. The Hall–Kier alpha value is -1.83. The van der Waals surface area contributed by atoms with Gasteiger partial charge in [-0.25, -0.2) is 4.79 Å². The van der Waals surface area contributed by atoms with Gasteiger partial charge in [-0.1, -0.05) is 20.3 Å². The maximum Gasteiger partial charge on any atom is 0.326 e. The number of guanidine groups is 1. The van der Waals surface area contributed by atoms with Crippen LogP contribution in [0.25, 0.3) is 0 Å². The van der Waals surface area contributed by atoms with Crippen molar-refractivity contribution in [2.75, 3.05) is 6.54 Å². The molecule has 0 unspecified atom stereocenters. The van der Waals surface area contributed by atoms with E-state index in [9.17, 15) is 9.59 Å². The first-order valence-electron chi connectivity index (χ1n) is 6.63. The number of nitrogens with one attached hydrogen (secondary N) is 1. The van der Waals surface area contributed by atoms with Gasteiger partial charge in [0.25, 0.3) is 0 Å². The lowest BCUT2D eigenvalue weighted by molar-refractivity contribution is -0.143. The Morgan fingerprint density at radius 3 is 2.40 bits per heavy atom. The fourth-order valence-corrected chi connectivity index (χ4v) is 1.59. The molecule has 116 valence electrons. The summed E-state index contributed by atoms with van der Waals surface area (Å²) in [6, 6.07) is -1.69. The summed E-state index contributed by atoms with van der Waals surface area (Å²) in [4.78, 5) is 26.7. The number of amides is 1. The van der Waals surface area contributed by atoms with Crippen LogP contribution in [0, 0.1) is 5.92 Å². The van der Waals surface area contributed by atoms with Crippen molar-refractivity contribution in [3.8, 4) is 0 Å². The molecule has 8 heteroatoms. The SMILES string of the molecule is CC[C@H](C)[C@H](NC(=O)[C@@H](N)CCCN=C(N)N)C(=O)O. The van der Waals surface area contributed by atoms with Gasteiger partial charge in [0, 0.05) is 6.54 Å². The zero-order chi connectivity index (χ0) is 15.7. The highest BCUT2D eigenvalue weighted by Crippen LogP contribution is 2.08. The van der Waals surface area contributed by atoms with E-state index in [1.165, 1.54) is 0 Å². The number of aliphatic carboxylic acids is 1. The highest BCUT2D eigenvalue weighted by molar-refractivity contribution is 5.86. The van der Waals surface area contributed by atoms with Gasteiger partial charge in [0.1, 0.15) is 6.04 Å². The fourth-order valence-electron chi connectivity index (χ4n) is 1.59. The summed E-state index contributed by atoms with van der Waals surface area (Å²) in [5, 5.41) is 11.5. The average Bonchev–Trinajstić information content (AvgIpc) is 2.38. The number of carboxylic acid groups (broad SMARTS) is 1. The molecule has 0 aliphatic heterocycles. The van der Waals surface area contributed by atoms with Gasteiger partial charge in [0.05, 0.1) is 6.04 Å². The number of rotatable bonds is 9. The molecule has 0 radical (unpaired) electrons. The minimum Gasteiger partial charge on any atom is -0.480 e. The van der Waals surface area contributed by atoms with E-state index in [1.54, 1.807) is 6.92 Å². The van der Waals surface area contributed by atoms with E-state index in [4.69, 9.17) is 22.3 Å². The molecule has 0 bridgehead atoms. The Balaban J connectivity index is 4.29. The first-order chi connectivity index (χ1) is 9.29. The number of hydrogen-bond acceptors (Lipinski definition) is 4. The quantitative estimate of drug-likeness (QED) is 0.207. The molecular weight excluding hydrogens is 262 g/mol. The van der Waals surface area contributed by atoms with Gasteiger partial charge in [-0.15, -0.1) is 0 Å². The van der Waals surface area contributed by atoms with Crippen molar-refractivity contribution in [2.45, 2.75) is 45.2 Å². The average molecular weight is 287 g/mol. The van der Waals surface area contributed by atoms with Crippen molar-refractivity contribution >= 4 is 17.8 Å². The predicted octanol–water partition coefficient (Wildman–Crippen LogP) is -1.02. The van der Waals surface area contributed by atoms with Crippen LogP contribution in [0.15, 0.2) is 4.99 Å². The molecule has 8 N–H and O–H groups in total. The van der Waals surface area contributed by atoms with Crippen LogP contribution in [0.3, 0.4) is 0 Å². The minimum atomic E-state index is -1.06. The summed E-state index contributed by atoms with van der Waals surface area (Å²) in [6.07, 6.45) is 1.58. The topological polar surface area (TPSA) is 157 Å². The van der Waals surface area contributed by atoms with Gasteiger partial charge in [-0.05, 0) is 18.8 Å². The summed E-state index contributed by atoms with van der Waals surface area (Å²) >= 11 is 0. The number of nitrogens with two attached hydrogens (primary N) is 3. The second kappa shape index (κ2) is 9.13. The van der Waals surface area contributed by atoms with Crippen molar-refractivity contribution in [3.63, 3.8) is 0 Å². The second-order valence-electron chi connectivity index (χ2n) is 4.77. The lowest BCUT2D eigenvalue weighted by atomic mass is 9.98. The second-order valence-corrected chi connectivity index (χ2v) is 4.77. The van der Waals surface area contributed by atoms with E-state index in [2.05, 4.69) is 10.3 Å². The van der Waals surface area contributed by atoms with Crippen molar-refractivity contribution in [1.82, 2.24) is 5.32 Å². The zero-order valence-electron chi connectivity index (χ0n) is 12.0. The first kappa shape index (κ1) is 18.2. The highest BCUT2D eigenvalue weighted by atomic mass is 16.4. The van der Waals surface area contributed by atoms with E-state index in [-0.39, 0.29) is 11.9 Å². The molecule has 0 fully saturated rings. The summed E-state index contributed by atoms with van der Waals surface area (Å²) in [7, 11) is 0. The van der Waals surface area contributed by atoms with Gasteiger partial charge in [-0.3, -0.25) is 9.79 Å². The summed E-state index contributed by atoms with van der Waals surface area (Å²) < 4.78 is 0. The van der Waals surface area contributed by atoms with Crippen molar-refractivity contribution in [1.29, 1.82) is 0 Å². The van der Waals surface area contributed by atoms with Crippen LogP contribution in [0.5, 0.6) is 0 Å². The maximum atomic E-state index is 11.8. The molecule has 3 atom stereocenters. The van der Waals surface area contributed by atoms with E-state index in [1.807, 2.05) is 6.92 Å². The zero-order valence-corrected chi connectivity index (χ0v) is 12.0. The number of carboxylic acids is 1. The standard InChI is InChI=1S/C12H25N5O3/c1-3-7(2)9(11(19)20)17-10(18)8(13)5-4-6-16-12(14)15/h7-9H,3-6,13H2,1-2H3,(H,17,18)(H,19,20)(H4,14,15,16)/t7-,8-,9-/m0/s1. The van der Waals surface area contributed by atoms with Crippen LogP contribution in [0.4, 0.5) is 0 Å². The van der Waals surface area contributed by atoms with Gasteiger partial charge in [0.2, 0.25) is 5.91 Å².